The van der Waals surface area contributed by atoms with Gasteiger partial charge in [0.25, 0.3) is 5.91 Å². The van der Waals surface area contributed by atoms with Gasteiger partial charge >= 0.3 is 0 Å². The zero-order chi connectivity index (χ0) is 24.7. The van der Waals surface area contributed by atoms with E-state index in [1.54, 1.807) is 36.4 Å². The summed E-state index contributed by atoms with van der Waals surface area (Å²) in [6, 6.07) is 21.6. The van der Waals surface area contributed by atoms with Crippen molar-refractivity contribution in [2.75, 3.05) is 23.7 Å². The Morgan fingerprint density at radius 3 is 2.24 bits per heavy atom. The number of carbonyl (C=O) groups excluding carboxylic acids is 1. The first kappa shape index (κ1) is 25.6. The molecule has 8 heteroatoms. The van der Waals surface area contributed by atoms with Gasteiger partial charge in [-0.3, -0.25) is 9.10 Å². The number of rotatable bonds is 10. The summed E-state index contributed by atoms with van der Waals surface area (Å²) in [5.41, 5.74) is 3.00. The van der Waals surface area contributed by atoms with Gasteiger partial charge in [0.15, 0.2) is 0 Å². The van der Waals surface area contributed by atoms with Crippen molar-refractivity contribution in [2.24, 2.45) is 0 Å². The van der Waals surface area contributed by atoms with Gasteiger partial charge in [-0.15, -0.1) is 0 Å². The lowest BCUT2D eigenvalue weighted by atomic mass is 10.0. The normalized spacial score (nSPS) is 11.3. The molecule has 0 aliphatic carbocycles. The lowest BCUT2D eigenvalue weighted by Crippen LogP contribution is -2.29. The average Bonchev–Trinajstić information content (AvgIpc) is 2.81. The fourth-order valence-corrected chi connectivity index (χ4v) is 4.42. The summed E-state index contributed by atoms with van der Waals surface area (Å²) in [5, 5.41) is 3.32. The summed E-state index contributed by atoms with van der Waals surface area (Å²) in [7, 11) is -3.49. The highest BCUT2D eigenvalue weighted by molar-refractivity contribution is 7.92. The third-order valence-electron chi connectivity index (χ3n) is 5.27. The molecular weight excluding hydrogens is 472 g/mol. The second-order valence-electron chi connectivity index (χ2n) is 8.25. The molecule has 3 rings (SSSR count). The largest absolute Gasteiger partial charge is 0.490 e. The number of amides is 1. The molecule has 0 bridgehead atoms. The molecule has 0 heterocycles. The second kappa shape index (κ2) is 11.4. The Kier molecular flexibility index (Phi) is 8.58. The van der Waals surface area contributed by atoms with Crippen molar-refractivity contribution in [1.82, 2.24) is 5.32 Å². The number of hydrogen-bond acceptors (Lipinski definition) is 4. The van der Waals surface area contributed by atoms with Gasteiger partial charge in [-0.2, -0.15) is 0 Å². The Balaban J connectivity index is 1.59. The van der Waals surface area contributed by atoms with E-state index in [9.17, 15) is 13.2 Å². The van der Waals surface area contributed by atoms with Crippen molar-refractivity contribution >= 4 is 33.2 Å². The maximum atomic E-state index is 12.4. The van der Waals surface area contributed by atoms with Crippen LogP contribution in [0.4, 0.5) is 5.69 Å². The van der Waals surface area contributed by atoms with Gasteiger partial charge < -0.3 is 10.1 Å². The molecule has 3 aromatic rings. The summed E-state index contributed by atoms with van der Waals surface area (Å²) in [6.07, 6.45) is 1.19. The molecule has 0 aliphatic rings. The van der Waals surface area contributed by atoms with Crippen LogP contribution in [0, 0.1) is 0 Å². The Morgan fingerprint density at radius 2 is 1.65 bits per heavy atom. The Bertz CT molecular complexity index is 1210. The maximum absolute atomic E-state index is 12.4. The number of anilines is 1. The lowest BCUT2D eigenvalue weighted by Gasteiger charge is -2.23. The van der Waals surface area contributed by atoms with E-state index in [1.165, 1.54) is 10.6 Å². The Hall–Kier alpha value is -3.03. The molecule has 1 amide bonds. The standard InChI is InChI=1S/C26H29ClN2O4S/c1-19(2)21-12-14-23(15-13-21)29(34(3,31)32)18-20-8-10-22(11-9-20)26(30)28-16-17-33-25-7-5-4-6-24(25)27/h4-15,19H,16-18H2,1-3H3,(H,28,30). The first-order chi connectivity index (χ1) is 16.1. The lowest BCUT2D eigenvalue weighted by molar-refractivity contribution is 0.0947. The van der Waals surface area contributed by atoms with Gasteiger partial charge in [0.05, 0.1) is 30.1 Å². The molecule has 3 aromatic carbocycles. The van der Waals surface area contributed by atoms with Gasteiger partial charge in [0.1, 0.15) is 12.4 Å². The summed E-state index contributed by atoms with van der Waals surface area (Å²) in [4.78, 5) is 12.4. The first-order valence-electron chi connectivity index (χ1n) is 11.0. The maximum Gasteiger partial charge on any atom is 0.251 e. The average molecular weight is 501 g/mol. The highest BCUT2D eigenvalue weighted by atomic mass is 35.5. The van der Waals surface area contributed by atoms with E-state index in [4.69, 9.17) is 16.3 Å². The molecule has 0 aromatic heterocycles. The zero-order valence-electron chi connectivity index (χ0n) is 19.5. The van der Waals surface area contributed by atoms with Crippen molar-refractivity contribution < 1.29 is 17.9 Å². The second-order valence-corrected chi connectivity index (χ2v) is 10.6. The zero-order valence-corrected chi connectivity index (χ0v) is 21.1. The van der Waals surface area contributed by atoms with E-state index in [-0.39, 0.29) is 19.1 Å². The molecule has 0 saturated heterocycles. The number of nitrogens with zero attached hydrogens (tertiary/aromatic N) is 1. The molecule has 0 atom stereocenters. The summed E-state index contributed by atoms with van der Waals surface area (Å²) >= 11 is 6.05. The van der Waals surface area contributed by atoms with Gasteiger partial charge in [-0.1, -0.05) is 61.8 Å². The fraction of sp³-hybridized carbons (Fsp3) is 0.269. The van der Waals surface area contributed by atoms with Crippen molar-refractivity contribution in [2.45, 2.75) is 26.3 Å². The van der Waals surface area contributed by atoms with Gasteiger partial charge in [-0.25, -0.2) is 8.42 Å². The summed E-state index contributed by atoms with van der Waals surface area (Å²) < 4.78 is 31.8. The monoisotopic (exact) mass is 500 g/mol. The number of ether oxygens (including phenoxy) is 1. The SMILES string of the molecule is CC(C)c1ccc(N(Cc2ccc(C(=O)NCCOc3ccccc3Cl)cc2)S(C)(=O)=O)cc1. The molecule has 6 nitrogen and oxygen atoms in total. The Morgan fingerprint density at radius 1 is 1.00 bits per heavy atom. The molecule has 0 unspecified atom stereocenters. The van der Waals surface area contributed by atoms with E-state index in [1.807, 2.05) is 36.4 Å². The van der Waals surface area contributed by atoms with Crippen molar-refractivity contribution in [3.63, 3.8) is 0 Å². The molecule has 0 saturated carbocycles. The summed E-state index contributed by atoms with van der Waals surface area (Å²) in [6.45, 7) is 4.96. The number of halogens is 1. The minimum Gasteiger partial charge on any atom is -0.490 e. The van der Waals surface area contributed by atoms with Gasteiger partial charge in [-0.05, 0) is 53.4 Å². The van der Waals surface area contributed by atoms with E-state index < -0.39 is 10.0 Å². The van der Waals surface area contributed by atoms with Crippen LogP contribution in [-0.4, -0.2) is 33.7 Å². The minimum atomic E-state index is -3.49. The Labute approximate surface area is 206 Å². The quantitative estimate of drug-likeness (QED) is 0.386. The third kappa shape index (κ3) is 6.98. The predicted octanol–water partition coefficient (Wildman–Crippen LogP) is 5.24. The predicted molar refractivity (Wildman–Crippen MR) is 137 cm³/mol. The molecule has 0 radical (unpaired) electrons. The van der Waals surface area contributed by atoms with Crippen molar-refractivity contribution in [3.05, 3.63) is 94.5 Å². The number of carbonyl (C=O) groups is 1. The summed E-state index contributed by atoms with van der Waals surface area (Å²) in [5.74, 6) is 0.692. The molecule has 0 aliphatic heterocycles. The van der Waals surface area contributed by atoms with Gasteiger partial charge in [0.2, 0.25) is 10.0 Å². The van der Waals surface area contributed by atoms with Crippen LogP contribution < -0.4 is 14.4 Å². The molecule has 0 spiro atoms. The highest BCUT2D eigenvalue weighted by Gasteiger charge is 2.18. The van der Waals surface area contributed by atoms with Crippen LogP contribution in [0.3, 0.4) is 0 Å². The molecule has 1 N–H and O–H groups in total. The molecular formula is C26H29ClN2O4S. The molecule has 180 valence electrons. The van der Waals surface area contributed by atoms with Crippen LogP contribution in [0.2, 0.25) is 5.02 Å². The van der Waals surface area contributed by atoms with E-state index in [0.717, 1.165) is 11.1 Å². The van der Waals surface area contributed by atoms with Crippen LogP contribution in [0.15, 0.2) is 72.8 Å². The number of para-hydroxylation sites is 1. The van der Waals surface area contributed by atoms with Crippen LogP contribution >= 0.6 is 11.6 Å². The number of nitrogens with one attached hydrogen (secondary N) is 1. The van der Waals surface area contributed by atoms with Crippen molar-refractivity contribution in [3.8, 4) is 5.75 Å². The number of sulfonamides is 1. The van der Waals surface area contributed by atoms with Crippen LogP contribution in [0.5, 0.6) is 5.75 Å². The first-order valence-corrected chi connectivity index (χ1v) is 13.2. The van der Waals surface area contributed by atoms with Crippen LogP contribution in [-0.2, 0) is 16.6 Å². The number of benzene rings is 3. The third-order valence-corrected chi connectivity index (χ3v) is 6.73. The minimum absolute atomic E-state index is 0.174. The van der Waals surface area contributed by atoms with E-state index in [0.29, 0.717) is 34.5 Å². The smallest absolute Gasteiger partial charge is 0.251 e. The highest BCUT2D eigenvalue weighted by Crippen LogP contribution is 2.24. The number of hydrogen-bond donors (Lipinski definition) is 1. The van der Waals surface area contributed by atoms with Gasteiger partial charge in [0, 0.05) is 5.56 Å². The van der Waals surface area contributed by atoms with Crippen LogP contribution in [0.1, 0.15) is 41.3 Å². The van der Waals surface area contributed by atoms with E-state index in [2.05, 4.69) is 19.2 Å². The van der Waals surface area contributed by atoms with Crippen LogP contribution in [0.25, 0.3) is 0 Å². The van der Waals surface area contributed by atoms with E-state index >= 15 is 0 Å². The topological polar surface area (TPSA) is 75.7 Å². The van der Waals surface area contributed by atoms with Crippen molar-refractivity contribution in [1.29, 1.82) is 0 Å². The molecule has 34 heavy (non-hydrogen) atoms. The fourth-order valence-electron chi connectivity index (χ4n) is 3.34. The molecule has 0 fully saturated rings.